The van der Waals surface area contributed by atoms with Gasteiger partial charge < -0.3 is 5.73 Å². The lowest BCUT2D eigenvalue weighted by Gasteiger charge is -2.21. The molecule has 6 nitrogen and oxygen atoms in total. The number of hydrogen-bond donors (Lipinski definition) is 2. The largest absolute Gasteiger partial charge is 0.314 e. The van der Waals surface area contributed by atoms with Crippen LogP contribution in [0.15, 0.2) is 77.6 Å². The Morgan fingerprint density at radius 3 is 2.53 bits per heavy atom. The standard InChI is InChI=1S/C24H20N4O2/c1-24(25)19-11-4-5-12-21(19)28(23(24)30)16-8-6-7-15(13-16)14-20-17-9-2-3-10-18(17)22(29)27-26-20/h2-13H,14,25H2,1H3,(H,27,29). The molecule has 0 radical (unpaired) electrons. The number of amides is 1. The molecule has 30 heavy (non-hydrogen) atoms. The number of nitrogens with two attached hydrogens (primary N) is 1. The number of carbonyl (C=O) groups excluding carboxylic acids is 1. The molecule has 1 amide bonds. The van der Waals surface area contributed by atoms with Crippen LogP contribution in [0.25, 0.3) is 10.8 Å². The predicted octanol–water partition coefficient (Wildman–Crippen LogP) is 3.37. The van der Waals surface area contributed by atoms with Gasteiger partial charge in [-0.1, -0.05) is 48.5 Å². The highest BCUT2D eigenvalue weighted by molar-refractivity contribution is 6.12. The van der Waals surface area contributed by atoms with Crippen LogP contribution < -0.4 is 16.2 Å². The Morgan fingerprint density at radius 2 is 1.70 bits per heavy atom. The second-order valence-electron chi connectivity index (χ2n) is 7.75. The van der Waals surface area contributed by atoms with Crippen molar-refractivity contribution in [2.45, 2.75) is 18.9 Å². The quantitative estimate of drug-likeness (QED) is 0.555. The topological polar surface area (TPSA) is 92.1 Å². The van der Waals surface area contributed by atoms with Crippen molar-refractivity contribution in [1.29, 1.82) is 0 Å². The normalized spacial score (nSPS) is 18.1. The van der Waals surface area contributed by atoms with Crippen molar-refractivity contribution in [2.24, 2.45) is 5.73 Å². The van der Waals surface area contributed by atoms with Gasteiger partial charge in [-0.3, -0.25) is 14.5 Å². The second-order valence-corrected chi connectivity index (χ2v) is 7.75. The molecule has 0 fully saturated rings. The van der Waals surface area contributed by atoms with Crippen LogP contribution in [0.5, 0.6) is 0 Å². The summed E-state index contributed by atoms with van der Waals surface area (Å²) in [5.74, 6) is -0.159. The van der Waals surface area contributed by atoms with Gasteiger partial charge in [0, 0.05) is 23.1 Å². The summed E-state index contributed by atoms with van der Waals surface area (Å²) in [7, 11) is 0. The molecule has 0 aliphatic carbocycles. The molecule has 1 aliphatic rings. The number of benzene rings is 3. The van der Waals surface area contributed by atoms with Crippen LogP contribution in [0, 0.1) is 0 Å². The number of aromatic nitrogens is 2. The number of hydrogen-bond acceptors (Lipinski definition) is 4. The van der Waals surface area contributed by atoms with Crippen LogP contribution in [0.1, 0.15) is 23.7 Å². The fourth-order valence-electron chi connectivity index (χ4n) is 4.13. The average molecular weight is 396 g/mol. The van der Waals surface area contributed by atoms with E-state index in [1.54, 1.807) is 17.9 Å². The molecule has 0 saturated carbocycles. The van der Waals surface area contributed by atoms with E-state index >= 15 is 0 Å². The Balaban J connectivity index is 1.56. The molecule has 2 heterocycles. The minimum atomic E-state index is -1.07. The lowest BCUT2D eigenvalue weighted by Crippen LogP contribution is -2.43. The van der Waals surface area contributed by atoms with E-state index in [0.29, 0.717) is 11.8 Å². The monoisotopic (exact) mass is 396 g/mol. The highest BCUT2D eigenvalue weighted by Crippen LogP contribution is 2.42. The van der Waals surface area contributed by atoms with E-state index in [-0.39, 0.29) is 11.5 Å². The van der Waals surface area contributed by atoms with E-state index in [1.165, 1.54) is 0 Å². The summed E-state index contributed by atoms with van der Waals surface area (Å²) in [5.41, 5.74) is 9.22. The van der Waals surface area contributed by atoms with E-state index in [0.717, 1.165) is 33.6 Å². The van der Waals surface area contributed by atoms with Gasteiger partial charge in [0.15, 0.2) is 0 Å². The molecule has 5 rings (SSSR count). The van der Waals surface area contributed by atoms with Crippen LogP contribution in [0.3, 0.4) is 0 Å². The van der Waals surface area contributed by atoms with Gasteiger partial charge in [-0.05, 0) is 36.8 Å². The third-order valence-corrected chi connectivity index (χ3v) is 5.67. The van der Waals surface area contributed by atoms with Crippen LogP contribution in [0.2, 0.25) is 0 Å². The highest BCUT2D eigenvalue weighted by Gasteiger charge is 2.45. The van der Waals surface area contributed by atoms with Gasteiger partial charge in [-0.25, -0.2) is 5.10 Å². The zero-order chi connectivity index (χ0) is 20.9. The molecule has 3 N–H and O–H groups in total. The third kappa shape index (κ3) is 2.73. The van der Waals surface area contributed by atoms with E-state index in [2.05, 4.69) is 10.2 Å². The van der Waals surface area contributed by atoms with Gasteiger partial charge in [0.25, 0.3) is 11.5 Å². The first-order chi connectivity index (χ1) is 14.5. The summed E-state index contributed by atoms with van der Waals surface area (Å²) < 4.78 is 0. The molecule has 1 atom stereocenters. The van der Waals surface area contributed by atoms with Crippen LogP contribution in [-0.2, 0) is 16.8 Å². The van der Waals surface area contributed by atoms with Gasteiger partial charge in [0.05, 0.1) is 16.8 Å². The number of carbonyl (C=O) groups is 1. The number of nitrogens with zero attached hydrogens (tertiary/aromatic N) is 2. The van der Waals surface area contributed by atoms with E-state index in [1.807, 2.05) is 66.7 Å². The Kier molecular flexibility index (Phi) is 4.04. The number of fused-ring (bicyclic) bond motifs is 2. The first kappa shape index (κ1) is 18.3. The number of nitrogens with one attached hydrogen (secondary N) is 1. The Hall–Kier alpha value is -3.77. The van der Waals surface area contributed by atoms with Crippen molar-refractivity contribution >= 4 is 28.1 Å². The summed E-state index contributed by atoms with van der Waals surface area (Å²) in [6, 6.07) is 22.8. The van der Waals surface area contributed by atoms with Crippen molar-refractivity contribution in [1.82, 2.24) is 10.2 Å². The molecule has 6 heteroatoms. The Labute approximate surface area is 173 Å². The maximum atomic E-state index is 13.1. The van der Waals surface area contributed by atoms with E-state index in [9.17, 15) is 9.59 Å². The highest BCUT2D eigenvalue weighted by atomic mass is 16.2. The van der Waals surface area contributed by atoms with E-state index in [4.69, 9.17) is 5.73 Å². The number of rotatable bonds is 3. The van der Waals surface area contributed by atoms with Crippen LogP contribution >= 0.6 is 0 Å². The summed E-state index contributed by atoms with van der Waals surface area (Å²) >= 11 is 0. The number of aromatic amines is 1. The van der Waals surface area contributed by atoms with Crippen LogP contribution in [0.4, 0.5) is 11.4 Å². The number of para-hydroxylation sites is 1. The molecule has 1 aliphatic heterocycles. The minimum absolute atomic E-state index is 0.159. The molecule has 1 aromatic heterocycles. The molecule has 1 unspecified atom stereocenters. The molecular weight excluding hydrogens is 376 g/mol. The second kappa shape index (κ2) is 6.64. The van der Waals surface area contributed by atoms with Crippen molar-refractivity contribution in [3.63, 3.8) is 0 Å². The maximum Gasteiger partial charge on any atom is 0.272 e. The van der Waals surface area contributed by atoms with Crippen molar-refractivity contribution in [3.05, 3.63) is 100.0 Å². The Bertz CT molecular complexity index is 1360. The Morgan fingerprint density at radius 1 is 0.967 bits per heavy atom. The van der Waals surface area contributed by atoms with Gasteiger partial charge in [0.2, 0.25) is 0 Å². The molecule has 3 aromatic carbocycles. The smallest absolute Gasteiger partial charge is 0.272 e. The van der Waals surface area contributed by atoms with Gasteiger partial charge in [-0.2, -0.15) is 5.10 Å². The fourth-order valence-corrected chi connectivity index (χ4v) is 4.13. The molecule has 0 spiro atoms. The first-order valence-electron chi connectivity index (χ1n) is 9.75. The molecule has 0 saturated heterocycles. The molecule has 0 bridgehead atoms. The average Bonchev–Trinajstić information content (AvgIpc) is 2.96. The zero-order valence-electron chi connectivity index (χ0n) is 16.4. The lowest BCUT2D eigenvalue weighted by molar-refractivity contribution is -0.121. The minimum Gasteiger partial charge on any atom is -0.314 e. The van der Waals surface area contributed by atoms with Gasteiger partial charge >= 0.3 is 0 Å². The molecule has 4 aromatic rings. The summed E-state index contributed by atoms with van der Waals surface area (Å²) in [6.07, 6.45) is 0.523. The molecular formula is C24H20N4O2. The number of anilines is 2. The molecule has 148 valence electrons. The van der Waals surface area contributed by atoms with Crippen LogP contribution in [-0.4, -0.2) is 16.1 Å². The van der Waals surface area contributed by atoms with Crippen molar-refractivity contribution in [3.8, 4) is 0 Å². The summed E-state index contributed by atoms with van der Waals surface area (Å²) in [4.78, 5) is 26.8. The summed E-state index contributed by atoms with van der Waals surface area (Å²) in [6.45, 7) is 1.74. The predicted molar refractivity (Wildman–Crippen MR) is 117 cm³/mol. The first-order valence-corrected chi connectivity index (χ1v) is 9.75. The zero-order valence-corrected chi connectivity index (χ0v) is 16.4. The fraction of sp³-hybridized carbons (Fsp3) is 0.125. The SMILES string of the molecule is CC1(N)C(=O)N(c2cccc(Cc3n[nH]c(=O)c4ccccc34)c2)c2ccccc21. The van der Waals surface area contributed by atoms with Gasteiger partial charge in [0.1, 0.15) is 5.54 Å². The van der Waals surface area contributed by atoms with Crippen molar-refractivity contribution < 1.29 is 4.79 Å². The van der Waals surface area contributed by atoms with Crippen molar-refractivity contribution in [2.75, 3.05) is 4.90 Å². The third-order valence-electron chi connectivity index (χ3n) is 5.67. The van der Waals surface area contributed by atoms with E-state index < -0.39 is 5.54 Å². The summed E-state index contributed by atoms with van der Waals surface area (Å²) in [5, 5.41) is 8.28. The van der Waals surface area contributed by atoms with Gasteiger partial charge in [-0.15, -0.1) is 0 Å². The lowest BCUT2D eigenvalue weighted by atomic mass is 9.95. The number of H-pyrrole nitrogens is 1. The maximum absolute atomic E-state index is 13.1.